The van der Waals surface area contributed by atoms with E-state index in [1.54, 1.807) is 26.0 Å². The first-order valence-electron chi connectivity index (χ1n) is 8.46. The van der Waals surface area contributed by atoms with Crippen molar-refractivity contribution in [3.05, 3.63) is 59.9 Å². The van der Waals surface area contributed by atoms with Crippen molar-refractivity contribution in [2.75, 3.05) is 17.9 Å². The highest BCUT2D eigenvalue weighted by Crippen LogP contribution is 2.17. The van der Waals surface area contributed by atoms with Gasteiger partial charge >= 0.3 is 11.9 Å². The van der Waals surface area contributed by atoms with Gasteiger partial charge in [0.25, 0.3) is 10.0 Å². The number of aromatic nitrogens is 1. The highest BCUT2D eigenvalue weighted by Gasteiger charge is 2.15. The van der Waals surface area contributed by atoms with Crippen molar-refractivity contribution in [3.63, 3.8) is 0 Å². The molecular formula is C19H20N2O6S. The highest BCUT2D eigenvalue weighted by atomic mass is 32.2. The Morgan fingerprint density at radius 1 is 1.04 bits per heavy atom. The van der Waals surface area contributed by atoms with Crippen LogP contribution in [0.4, 0.5) is 5.69 Å². The number of nitrogens with zero attached hydrogens (tertiary/aromatic N) is 1. The van der Waals surface area contributed by atoms with E-state index in [4.69, 9.17) is 9.47 Å². The standard InChI is InChI=1S/C19H20N2O6S/c1-3-26-18(22)12-7-14-5-9-16(10-6-14)28(24,25)21-15-8-11-17(20-13-15)19(23)27-4-2/h5-13,21H,3-4H2,1-2H3/b12-7+. The van der Waals surface area contributed by atoms with Gasteiger partial charge in [0.2, 0.25) is 0 Å². The highest BCUT2D eigenvalue weighted by molar-refractivity contribution is 7.92. The molecular weight excluding hydrogens is 384 g/mol. The fraction of sp³-hybridized carbons (Fsp3) is 0.211. The molecule has 0 atom stereocenters. The Labute approximate surface area is 163 Å². The van der Waals surface area contributed by atoms with Gasteiger partial charge in [0.05, 0.1) is 30.0 Å². The van der Waals surface area contributed by atoms with Gasteiger partial charge in [-0.05, 0) is 49.8 Å². The predicted molar refractivity (Wildman–Crippen MR) is 103 cm³/mol. The van der Waals surface area contributed by atoms with Gasteiger partial charge in [-0.15, -0.1) is 0 Å². The van der Waals surface area contributed by atoms with Crippen molar-refractivity contribution < 1.29 is 27.5 Å². The van der Waals surface area contributed by atoms with Crippen molar-refractivity contribution in [2.45, 2.75) is 18.7 Å². The van der Waals surface area contributed by atoms with Crippen LogP contribution in [0.1, 0.15) is 29.9 Å². The molecule has 28 heavy (non-hydrogen) atoms. The molecule has 0 aliphatic rings. The second-order valence-electron chi connectivity index (χ2n) is 5.41. The van der Waals surface area contributed by atoms with Crippen LogP contribution in [0.2, 0.25) is 0 Å². The quantitative estimate of drug-likeness (QED) is 0.532. The maximum atomic E-state index is 12.5. The van der Waals surface area contributed by atoms with Crippen LogP contribution in [-0.2, 0) is 24.3 Å². The average molecular weight is 404 g/mol. The summed E-state index contributed by atoms with van der Waals surface area (Å²) in [6, 6.07) is 8.74. The lowest BCUT2D eigenvalue weighted by Crippen LogP contribution is -2.14. The summed E-state index contributed by atoms with van der Waals surface area (Å²) in [7, 11) is -3.84. The molecule has 0 aliphatic heterocycles. The Balaban J connectivity index is 2.08. The maximum absolute atomic E-state index is 12.5. The van der Waals surface area contributed by atoms with Crippen LogP contribution in [0.15, 0.2) is 53.6 Å². The van der Waals surface area contributed by atoms with Gasteiger partial charge in [-0.3, -0.25) is 4.72 Å². The second kappa shape index (κ2) is 9.65. The van der Waals surface area contributed by atoms with Gasteiger partial charge < -0.3 is 9.47 Å². The molecule has 1 heterocycles. The second-order valence-corrected chi connectivity index (χ2v) is 7.09. The third-order valence-electron chi connectivity index (χ3n) is 3.39. The first-order chi connectivity index (χ1) is 13.4. The molecule has 0 spiro atoms. The minimum absolute atomic E-state index is 0.0373. The minimum Gasteiger partial charge on any atom is -0.463 e. The lowest BCUT2D eigenvalue weighted by Gasteiger charge is -2.08. The van der Waals surface area contributed by atoms with Gasteiger partial charge in [0, 0.05) is 6.08 Å². The molecule has 8 nitrogen and oxygen atoms in total. The van der Waals surface area contributed by atoms with Crippen LogP contribution in [0.3, 0.4) is 0 Å². The van der Waals surface area contributed by atoms with E-state index in [0.717, 1.165) is 0 Å². The Kier molecular flexibility index (Phi) is 7.28. The third kappa shape index (κ3) is 5.92. The summed E-state index contributed by atoms with van der Waals surface area (Å²) in [5.41, 5.74) is 0.939. The van der Waals surface area contributed by atoms with E-state index < -0.39 is 22.0 Å². The van der Waals surface area contributed by atoms with E-state index in [0.29, 0.717) is 5.56 Å². The molecule has 0 saturated heterocycles. The van der Waals surface area contributed by atoms with Crippen molar-refractivity contribution in [2.24, 2.45) is 0 Å². The number of rotatable bonds is 8. The number of carbonyl (C=O) groups is 2. The number of ether oxygens (including phenoxy) is 2. The van der Waals surface area contributed by atoms with Crippen LogP contribution in [0.25, 0.3) is 6.08 Å². The smallest absolute Gasteiger partial charge is 0.356 e. The molecule has 0 unspecified atom stereocenters. The summed E-state index contributed by atoms with van der Waals surface area (Å²) in [5.74, 6) is -1.05. The molecule has 148 valence electrons. The fourth-order valence-corrected chi connectivity index (χ4v) is 3.15. The van der Waals surface area contributed by atoms with Crippen LogP contribution in [-0.4, -0.2) is 38.6 Å². The molecule has 0 amide bonds. The minimum atomic E-state index is -3.84. The molecule has 0 fully saturated rings. The first-order valence-corrected chi connectivity index (χ1v) is 9.95. The molecule has 0 aliphatic carbocycles. The Hall–Kier alpha value is -3.20. The number of sulfonamides is 1. The Morgan fingerprint density at radius 2 is 1.71 bits per heavy atom. The summed E-state index contributed by atoms with van der Waals surface area (Å²) in [4.78, 5) is 26.8. The maximum Gasteiger partial charge on any atom is 0.356 e. The average Bonchev–Trinajstić information content (AvgIpc) is 2.67. The van der Waals surface area contributed by atoms with E-state index >= 15 is 0 Å². The van der Waals surface area contributed by atoms with Crippen molar-refractivity contribution in [3.8, 4) is 0 Å². The van der Waals surface area contributed by atoms with E-state index in [1.165, 1.54) is 42.6 Å². The largest absolute Gasteiger partial charge is 0.463 e. The third-order valence-corrected chi connectivity index (χ3v) is 4.79. The van der Waals surface area contributed by atoms with Crippen molar-refractivity contribution in [1.29, 1.82) is 0 Å². The van der Waals surface area contributed by atoms with E-state index in [9.17, 15) is 18.0 Å². The van der Waals surface area contributed by atoms with Gasteiger partial charge in [0.1, 0.15) is 5.69 Å². The van der Waals surface area contributed by atoms with Gasteiger partial charge in [-0.2, -0.15) is 0 Å². The molecule has 1 aromatic carbocycles. The number of hydrogen-bond acceptors (Lipinski definition) is 7. The lowest BCUT2D eigenvalue weighted by molar-refractivity contribution is -0.137. The fourth-order valence-electron chi connectivity index (χ4n) is 2.11. The number of pyridine rings is 1. The first kappa shape index (κ1) is 21.1. The summed E-state index contributed by atoms with van der Waals surface area (Å²) >= 11 is 0. The number of benzene rings is 1. The molecule has 2 rings (SSSR count). The summed E-state index contributed by atoms with van der Waals surface area (Å²) in [6.07, 6.45) is 4.03. The molecule has 0 radical (unpaired) electrons. The van der Waals surface area contributed by atoms with Gasteiger partial charge in [0.15, 0.2) is 0 Å². The summed E-state index contributed by atoms with van der Waals surface area (Å²) in [5, 5.41) is 0. The van der Waals surface area contributed by atoms with E-state index in [1.807, 2.05) is 0 Å². The molecule has 2 aromatic rings. The van der Waals surface area contributed by atoms with Crippen molar-refractivity contribution >= 4 is 33.7 Å². The predicted octanol–water partition coefficient (Wildman–Crippen LogP) is 2.64. The molecule has 0 saturated carbocycles. The zero-order chi connectivity index (χ0) is 20.6. The molecule has 9 heteroatoms. The van der Waals surface area contributed by atoms with Gasteiger partial charge in [-0.25, -0.2) is 23.0 Å². The number of carbonyl (C=O) groups excluding carboxylic acids is 2. The zero-order valence-electron chi connectivity index (χ0n) is 15.4. The zero-order valence-corrected chi connectivity index (χ0v) is 16.2. The number of hydrogen-bond donors (Lipinski definition) is 1. The van der Waals surface area contributed by atoms with Crippen LogP contribution in [0.5, 0.6) is 0 Å². The van der Waals surface area contributed by atoms with Crippen LogP contribution in [0, 0.1) is 0 Å². The number of esters is 2. The van der Waals surface area contributed by atoms with Crippen LogP contribution < -0.4 is 4.72 Å². The summed E-state index contributed by atoms with van der Waals surface area (Å²) in [6.45, 7) is 3.89. The van der Waals surface area contributed by atoms with E-state index in [2.05, 4.69) is 9.71 Å². The summed E-state index contributed by atoms with van der Waals surface area (Å²) < 4.78 is 36.9. The monoisotopic (exact) mass is 404 g/mol. The normalized spacial score (nSPS) is 11.2. The Bertz CT molecular complexity index is 951. The number of nitrogens with one attached hydrogen (secondary N) is 1. The van der Waals surface area contributed by atoms with Gasteiger partial charge in [-0.1, -0.05) is 12.1 Å². The number of anilines is 1. The topological polar surface area (TPSA) is 112 Å². The lowest BCUT2D eigenvalue weighted by atomic mass is 10.2. The SMILES string of the molecule is CCOC(=O)/C=C/c1ccc(S(=O)(=O)Nc2ccc(C(=O)OCC)nc2)cc1. The van der Waals surface area contributed by atoms with Crippen LogP contribution >= 0.6 is 0 Å². The Morgan fingerprint density at radius 3 is 2.29 bits per heavy atom. The van der Waals surface area contributed by atoms with E-state index in [-0.39, 0.29) is 29.5 Å². The van der Waals surface area contributed by atoms with Crippen molar-refractivity contribution in [1.82, 2.24) is 4.98 Å². The molecule has 0 bridgehead atoms. The molecule has 1 N–H and O–H groups in total. The molecule has 1 aromatic heterocycles.